The molecular formula is C23H32N4O. The zero-order valence-electron chi connectivity index (χ0n) is 17.2. The van der Waals surface area contributed by atoms with Crippen LogP contribution in [0.15, 0.2) is 59.6 Å². The van der Waals surface area contributed by atoms with E-state index in [4.69, 9.17) is 4.74 Å². The van der Waals surface area contributed by atoms with Crippen LogP contribution < -0.4 is 10.6 Å². The van der Waals surface area contributed by atoms with Crippen molar-refractivity contribution in [3.63, 3.8) is 0 Å². The van der Waals surface area contributed by atoms with Gasteiger partial charge in [0.1, 0.15) is 0 Å². The monoisotopic (exact) mass is 380 g/mol. The molecule has 2 N–H and O–H groups in total. The Kier molecular flexibility index (Phi) is 7.46. The number of hydrogen-bond acceptors (Lipinski definition) is 3. The van der Waals surface area contributed by atoms with Gasteiger partial charge in [0.2, 0.25) is 0 Å². The van der Waals surface area contributed by atoms with Gasteiger partial charge in [0.15, 0.2) is 5.96 Å². The third-order valence-electron chi connectivity index (χ3n) is 5.25. The second-order valence-corrected chi connectivity index (χ2v) is 7.31. The maximum absolute atomic E-state index is 5.56. The molecule has 1 heterocycles. The molecule has 0 aromatic heterocycles. The molecule has 0 amide bonds. The molecule has 0 bridgehead atoms. The lowest BCUT2D eigenvalue weighted by Gasteiger charge is -2.35. The largest absolute Gasteiger partial charge is 0.379 e. The summed E-state index contributed by atoms with van der Waals surface area (Å²) in [6, 6.07) is 19.7. The van der Waals surface area contributed by atoms with E-state index in [0.717, 1.165) is 38.8 Å². The molecule has 2 aromatic carbocycles. The fraction of sp³-hybridized carbons (Fsp3) is 0.435. The van der Waals surface area contributed by atoms with Crippen LogP contribution >= 0.6 is 0 Å². The first-order valence-corrected chi connectivity index (χ1v) is 10.1. The van der Waals surface area contributed by atoms with Gasteiger partial charge in [-0.3, -0.25) is 9.89 Å². The van der Waals surface area contributed by atoms with Crippen LogP contribution in [0, 0.1) is 6.92 Å². The Morgan fingerprint density at radius 2 is 1.79 bits per heavy atom. The van der Waals surface area contributed by atoms with Crippen LogP contribution in [0.5, 0.6) is 0 Å². The minimum Gasteiger partial charge on any atom is -0.379 e. The summed E-state index contributed by atoms with van der Waals surface area (Å²) in [5, 5.41) is 7.04. The Balaban J connectivity index is 1.67. The lowest BCUT2D eigenvalue weighted by molar-refractivity contribution is 0.0170. The predicted molar refractivity (Wildman–Crippen MR) is 116 cm³/mol. The summed E-state index contributed by atoms with van der Waals surface area (Å²) in [5.41, 5.74) is 3.87. The molecule has 0 aliphatic carbocycles. The van der Waals surface area contributed by atoms with Crippen molar-refractivity contribution in [3.8, 4) is 0 Å². The van der Waals surface area contributed by atoms with E-state index in [9.17, 15) is 0 Å². The number of nitrogens with one attached hydrogen (secondary N) is 2. The smallest absolute Gasteiger partial charge is 0.191 e. The lowest BCUT2D eigenvalue weighted by atomic mass is 10.0. The van der Waals surface area contributed by atoms with Crippen LogP contribution in [0.4, 0.5) is 0 Å². The first kappa shape index (κ1) is 20.4. The van der Waals surface area contributed by atoms with Gasteiger partial charge in [-0.15, -0.1) is 0 Å². The van der Waals surface area contributed by atoms with E-state index < -0.39 is 0 Å². The number of aryl methyl sites for hydroxylation is 1. The van der Waals surface area contributed by atoms with Crippen molar-refractivity contribution in [1.82, 2.24) is 15.5 Å². The molecule has 1 saturated heterocycles. The number of hydrogen-bond donors (Lipinski definition) is 2. The van der Waals surface area contributed by atoms with Crippen LogP contribution in [0.2, 0.25) is 0 Å². The SMILES string of the molecule is CN=C(NCC(c1cccc(C)c1)N1CCOCC1)NC(C)c1ccccc1. The molecule has 1 aliphatic heterocycles. The molecule has 0 radical (unpaired) electrons. The molecule has 5 nitrogen and oxygen atoms in total. The third-order valence-corrected chi connectivity index (χ3v) is 5.25. The van der Waals surface area contributed by atoms with Crippen molar-refractivity contribution >= 4 is 5.96 Å². The molecule has 2 unspecified atom stereocenters. The van der Waals surface area contributed by atoms with Crippen molar-refractivity contribution in [3.05, 3.63) is 71.3 Å². The summed E-state index contributed by atoms with van der Waals surface area (Å²) >= 11 is 0. The highest BCUT2D eigenvalue weighted by molar-refractivity contribution is 5.80. The Morgan fingerprint density at radius 3 is 2.46 bits per heavy atom. The summed E-state index contributed by atoms with van der Waals surface area (Å²) in [4.78, 5) is 6.93. The summed E-state index contributed by atoms with van der Waals surface area (Å²) in [6.07, 6.45) is 0. The topological polar surface area (TPSA) is 48.9 Å². The van der Waals surface area contributed by atoms with Gasteiger partial charge in [0.05, 0.1) is 25.3 Å². The highest BCUT2D eigenvalue weighted by Gasteiger charge is 2.23. The standard InChI is InChI=1S/C23H32N4O/c1-18-8-7-11-21(16-18)22(27-12-14-28-15-13-27)17-25-23(24-3)26-19(2)20-9-5-4-6-10-20/h4-11,16,19,22H,12-15,17H2,1-3H3,(H2,24,25,26). The minimum atomic E-state index is 0.188. The van der Waals surface area contributed by atoms with Crippen LogP contribution in [0.25, 0.3) is 0 Å². The maximum Gasteiger partial charge on any atom is 0.191 e. The number of aliphatic imine (C=N–C) groups is 1. The molecule has 2 atom stereocenters. The average Bonchev–Trinajstić information content (AvgIpc) is 2.74. The van der Waals surface area contributed by atoms with Crippen molar-refractivity contribution < 1.29 is 4.74 Å². The summed E-state index contributed by atoms with van der Waals surface area (Å²) in [7, 11) is 1.82. The van der Waals surface area contributed by atoms with E-state index >= 15 is 0 Å². The number of benzene rings is 2. The van der Waals surface area contributed by atoms with Gasteiger partial charge in [-0.1, -0.05) is 60.2 Å². The zero-order valence-corrected chi connectivity index (χ0v) is 17.2. The molecule has 1 fully saturated rings. The second-order valence-electron chi connectivity index (χ2n) is 7.31. The quantitative estimate of drug-likeness (QED) is 0.596. The van der Waals surface area contributed by atoms with Gasteiger partial charge in [-0.05, 0) is 25.0 Å². The highest BCUT2D eigenvalue weighted by Crippen LogP contribution is 2.22. The van der Waals surface area contributed by atoms with E-state index in [2.05, 4.69) is 82.9 Å². The van der Waals surface area contributed by atoms with E-state index in [1.807, 2.05) is 13.1 Å². The predicted octanol–water partition coefficient (Wildman–Crippen LogP) is 3.29. The average molecular weight is 381 g/mol. The first-order chi connectivity index (χ1) is 13.7. The highest BCUT2D eigenvalue weighted by atomic mass is 16.5. The molecular weight excluding hydrogens is 348 g/mol. The summed E-state index contributed by atoms with van der Waals surface area (Å²) < 4.78 is 5.56. The number of morpholine rings is 1. The molecule has 0 saturated carbocycles. The van der Waals surface area contributed by atoms with Crippen LogP contribution in [-0.2, 0) is 4.74 Å². The van der Waals surface area contributed by atoms with E-state index in [1.165, 1.54) is 16.7 Å². The Labute approximate surface area is 168 Å². The summed E-state index contributed by atoms with van der Waals surface area (Å²) in [5.74, 6) is 0.822. The van der Waals surface area contributed by atoms with Gasteiger partial charge < -0.3 is 15.4 Å². The van der Waals surface area contributed by atoms with Gasteiger partial charge in [-0.2, -0.15) is 0 Å². The maximum atomic E-state index is 5.56. The van der Waals surface area contributed by atoms with E-state index in [0.29, 0.717) is 0 Å². The van der Waals surface area contributed by atoms with Crippen LogP contribution in [0.1, 0.15) is 35.7 Å². The first-order valence-electron chi connectivity index (χ1n) is 10.1. The third kappa shape index (κ3) is 5.57. The Morgan fingerprint density at radius 1 is 1.07 bits per heavy atom. The number of rotatable bonds is 6. The molecule has 5 heteroatoms. The van der Waals surface area contributed by atoms with Gasteiger partial charge in [-0.25, -0.2) is 0 Å². The minimum absolute atomic E-state index is 0.188. The van der Waals surface area contributed by atoms with Gasteiger partial charge >= 0.3 is 0 Å². The number of nitrogens with zero attached hydrogens (tertiary/aromatic N) is 2. The lowest BCUT2D eigenvalue weighted by Crippen LogP contribution is -2.46. The van der Waals surface area contributed by atoms with Crippen LogP contribution in [-0.4, -0.2) is 50.8 Å². The fourth-order valence-corrected chi connectivity index (χ4v) is 3.64. The zero-order chi connectivity index (χ0) is 19.8. The molecule has 1 aliphatic rings. The molecule has 3 rings (SSSR count). The Bertz CT molecular complexity index is 756. The van der Waals surface area contributed by atoms with Gasteiger partial charge in [0.25, 0.3) is 0 Å². The van der Waals surface area contributed by atoms with Crippen molar-refractivity contribution in [2.24, 2.45) is 4.99 Å². The van der Waals surface area contributed by atoms with Gasteiger partial charge in [0, 0.05) is 26.7 Å². The number of guanidine groups is 1. The molecule has 0 spiro atoms. The molecule has 150 valence electrons. The van der Waals surface area contributed by atoms with Crippen LogP contribution in [0.3, 0.4) is 0 Å². The van der Waals surface area contributed by atoms with Crippen molar-refractivity contribution in [1.29, 1.82) is 0 Å². The van der Waals surface area contributed by atoms with E-state index in [1.54, 1.807) is 0 Å². The number of ether oxygens (including phenoxy) is 1. The Hall–Kier alpha value is -2.37. The summed E-state index contributed by atoms with van der Waals surface area (Å²) in [6.45, 7) is 8.59. The fourth-order valence-electron chi connectivity index (χ4n) is 3.64. The van der Waals surface area contributed by atoms with Crippen molar-refractivity contribution in [2.75, 3.05) is 39.9 Å². The molecule has 2 aromatic rings. The van der Waals surface area contributed by atoms with E-state index in [-0.39, 0.29) is 12.1 Å². The normalized spacial score (nSPS) is 17.8. The molecule has 28 heavy (non-hydrogen) atoms. The second kappa shape index (κ2) is 10.2. The van der Waals surface area contributed by atoms with Crippen molar-refractivity contribution in [2.45, 2.75) is 25.9 Å².